The summed E-state index contributed by atoms with van der Waals surface area (Å²) in [7, 11) is -2.91. The van der Waals surface area contributed by atoms with Gasteiger partial charge in [-0.1, -0.05) is 11.6 Å². The van der Waals surface area contributed by atoms with Gasteiger partial charge in [0, 0.05) is 37.2 Å². The Balaban J connectivity index is 1.61. The Hall–Kier alpha value is -1.18. The molecule has 126 valence electrons. The summed E-state index contributed by atoms with van der Waals surface area (Å²) in [6, 6.07) is 4.08. The summed E-state index contributed by atoms with van der Waals surface area (Å²) in [5, 5.41) is 0.256. The molecule has 0 N–H and O–H groups in total. The maximum atomic E-state index is 13.9. The summed E-state index contributed by atoms with van der Waals surface area (Å²) in [6.07, 6.45) is 0.655. The van der Waals surface area contributed by atoms with Gasteiger partial charge in [-0.15, -0.1) is 0 Å². The molecule has 1 aromatic carbocycles. The normalized spacial score (nSPS) is 24.8. The lowest BCUT2D eigenvalue weighted by atomic mass is 10.1. The van der Waals surface area contributed by atoms with Gasteiger partial charge in [0.1, 0.15) is 5.82 Å². The van der Waals surface area contributed by atoms with Crippen molar-refractivity contribution in [3.8, 4) is 0 Å². The molecular weight excluding hydrogens is 343 g/mol. The summed E-state index contributed by atoms with van der Waals surface area (Å²) in [4.78, 5) is 16.1. The lowest BCUT2D eigenvalue weighted by Crippen LogP contribution is -2.52. The third-order valence-corrected chi connectivity index (χ3v) is 6.47. The molecule has 23 heavy (non-hydrogen) atoms. The summed E-state index contributed by atoms with van der Waals surface area (Å²) in [5.41, 5.74) is 0.0197. The number of nitrogens with zero attached hydrogens (tertiary/aromatic N) is 2. The summed E-state index contributed by atoms with van der Waals surface area (Å²) in [6.45, 7) is 2.16. The zero-order valence-corrected chi connectivity index (χ0v) is 14.1. The van der Waals surface area contributed by atoms with Gasteiger partial charge >= 0.3 is 0 Å². The molecule has 0 aliphatic carbocycles. The van der Waals surface area contributed by atoms with Gasteiger partial charge in [-0.05, 0) is 24.6 Å². The van der Waals surface area contributed by atoms with Crippen LogP contribution in [0.1, 0.15) is 16.8 Å². The molecule has 1 unspecified atom stereocenters. The molecule has 2 heterocycles. The van der Waals surface area contributed by atoms with E-state index in [0.717, 1.165) is 6.07 Å². The van der Waals surface area contributed by atoms with Crippen LogP contribution in [0.25, 0.3) is 0 Å². The SMILES string of the molecule is O=C(c1ccc(Cl)cc1F)N1CCN(C2CCS(=O)(=O)C2)CC1. The molecule has 8 heteroatoms. The van der Waals surface area contributed by atoms with E-state index in [9.17, 15) is 17.6 Å². The fourth-order valence-electron chi connectivity index (χ4n) is 3.19. The Morgan fingerprint density at radius 1 is 1.22 bits per heavy atom. The molecule has 0 bridgehead atoms. The van der Waals surface area contributed by atoms with Crippen LogP contribution in [0.5, 0.6) is 0 Å². The lowest BCUT2D eigenvalue weighted by Gasteiger charge is -2.37. The number of piperazine rings is 1. The molecule has 0 aromatic heterocycles. The van der Waals surface area contributed by atoms with E-state index in [0.29, 0.717) is 32.6 Å². The Labute approximate surface area is 139 Å². The Bertz CT molecular complexity index is 717. The smallest absolute Gasteiger partial charge is 0.256 e. The van der Waals surface area contributed by atoms with Crippen molar-refractivity contribution in [2.45, 2.75) is 12.5 Å². The fourth-order valence-corrected chi connectivity index (χ4v) is 5.11. The van der Waals surface area contributed by atoms with E-state index in [4.69, 9.17) is 11.6 Å². The highest BCUT2D eigenvalue weighted by atomic mass is 35.5. The second kappa shape index (κ2) is 6.37. The standard InChI is InChI=1S/C15H18ClFN2O3S/c16-11-1-2-13(14(17)9-11)15(20)19-6-4-18(5-7-19)12-3-8-23(21,22)10-12/h1-2,9,12H,3-8,10H2. The minimum Gasteiger partial charge on any atom is -0.336 e. The van der Waals surface area contributed by atoms with E-state index in [-0.39, 0.29) is 34.0 Å². The number of rotatable bonds is 2. The zero-order chi connectivity index (χ0) is 16.6. The van der Waals surface area contributed by atoms with Crippen LogP contribution in [0.15, 0.2) is 18.2 Å². The van der Waals surface area contributed by atoms with Crippen LogP contribution >= 0.6 is 11.6 Å². The van der Waals surface area contributed by atoms with Gasteiger partial charge in [-0.2, -0.15) is 0 Å². The highest BCUT2D eigenvalue weighted by Crippen LogP contribution is 2.21. The topological polar surface area (TPSA) is 57.7 Å². The Morgan fingerprint density at radius 3 is 2.48 bits per heavy atom. The first kappa shape index (κ1) is 16.7. The third kappa shape index (κ3) is 3.67. The maximum Gasteiger partial charge on any atom is 0.256 e. The molecule has 0 radical (unpaired) electrons. The second-order valence-electron chi connectivity index (χ2n) is 6.01. The first-order chi connectivity index (χ1) is 10.9. The molecule has 1 atom stereocenters. The van der Waals surface area contributed by atoms with Crippen LogP contribution in [-0.4, -0.2) is 67.9 Å². The molecule has 1 amide bonds. The number of carbonyl (C=O) groups excluding carboxylic acids is 1. The van der Waals surface area contributed by atoms with E-state index < -0.39 is 15.7 Å². The van der Waals surface area contributed by atoms with Crippen LogP contribution in [0.4, 0.5) is 4.39 Å². The van der Waals surface area contributed by atoms with Crippen LogP contribution in [-0.2, 0) is 9.84 Å². The number of carbonyl (C=O) groups is 1. The van der Waals surface area contributed by atoms with Gasteiger partial charge in [0.2, 0.25) is 0 Å². The molecule has 0 spiro atoms. The molecule has 1 aromatic rings. The van der Waals surface area contributed by atoms with Gasteiger partial charge in [0.05, 0.1) is 17.1 Å². The number of hydrogen-bond donors (Lipinski definition) is 0. The quantitative estimate of drug-likeness (QED) is 0.800. The molecule has 3 rings (SSSR count). The van der Waals surface area contributed by atoms with Gasteiger partial charge in [-0.25, -0.2) is 12.8 Å². The van der Waals surface area contributed by atoms with Crippen molar-refractivity contribution in [2.24, 2.45) is 0 Å². The highest BCUT2D eigenvalue weighted by molar-refractivity contribution is 7.91. The lowest BCUT2D eigenvalue weighted by molar-refractivity contribution is 0.0583. The fraction of sp³-hybridized carbons (Fsp3) is 0.533. The van der Waals surface area contributed by atoms with Crippen molar-refractivity contribution in [2.75, 3.05) is 37.7 Å². The summed E-state index contributed by atoms with van der Waals surface area (Å²) >= 11 is 5.70. The monoisotopic (exact) mass is 360 g/mol. The molecule has 2 saturated heterocycles. The van der Waals surface area contributed by atoms with Crippen LogP contribution in [0.2, 0.25) is 5.02 Å². The third-order valence-electron chi connectivity index (χ3n) is 4.49. The van der Waals surface area contributed by atoms with Gasteiger partial charge in [0.15, 0.2) is 9.84 Å². The van der Waals surface area contributed by atoms with Crippen LogP contribution in [0.3, 0.4) is 0 Å². The van der Waals surface area contributed by atoms with Crippen LogP contribution < -0.4 is 0 Å². The molecular formula is C15H18ClFN2O3S. The zero-order valence-electron chi connectivity index (χ0n) is 12.5. The average molecular weight is 361 g/mol. The van der Waals surface area contributed by atoms with Gasteiger partial charge in [-0.3, -0.25) is 9.69 Å². The van der Waals surface area contributed by atoms with Crippen molar-refractivity contribution in [1.82, 2.24) is 9.80 Å². The van der Waals surface area contributed by atoms with Crippen molar-refractivity contribution in [3.05, 3.63) is 34.6 Å². The largest absolute Gasteiger partial charge is 0.336 e. The highest BCUT2D eigenvalue weighted by Gasteiger charge is 2.34. The number of sulfone groups is 1. The summed E-state index contributed by atoms with van der Waals surface area (Å²) in [5.74, 6) is -0.524. The minimum atomic E-state index is -2.91. The van der Waals surface area contributed by atoms with E-state index >= 15 is 0 Å². The van der Waals surface area contributed by atoms with Gasteiger partial charge < -0.3 is 4.90 Å². The van der Waals surface area contributed by atoms with E-state index in [1.165, 1.54) is 12.1 Å². The predicted molar refractivity (Wildman–Crippen MR) is 85.9 cm³/mol. The van der Waals surface area contributed by atoms with E-state index in [2.05, 4.69) is 4.90 Å². The van der Waals surface area contributed by atoms with Crippen molar-refractivity contribution in [3.63, 3.8) is 0 Å². The van der Waals surface area contributed by atoms with Crippen molar-refractivity contribution in [1.29, 1.82) is 0 Å². The van der Waals surface area contributed by atoms with E-state index in [1.807, 2.05) is 0 Å². The maximum absolute atomic E-state index is 13.9. The second-order valence-corrected chi connectivity index (χ2v) is 8.67. The predicted octanol–water partition coefficient (Wildman–Crippen LogP) is 1.42. The number of benzene rings is 1. The van der Waals surface area contributed by atoms with E-state index in [1.54, 1.807) is 4.90 Å². The summed E-state index contributed by atoms with van der Waals surface area (Å²) < 4.78 is 37.0. The Kier molecular flexibility index (Phi) is 4.62. The molecule has 2 aliphatic rings. The first-order valence-electron chi connectivity index (χ1n) is 7.54. The minimum absolute atomic E-state index is 0.0197. The van der Waals surface area contributed by atoms with Crippen molar-refractivity contribution < 1.29 is 17.6 Å². The molecule has 5 nitrogen and oxygen atoms in total. The molecule has 0 saturated carbocycles. The average Bonchev–Trinajstić information content (AvgIpc) is 2.87. The Morgan fingerprint density at radius 2 is 1.91 bits per heavy atom. The van der Waals surface area contributed by atoms with Gasteiger partial charge in [0.25, 0.3) is 5.91 Å². The van der Waals surface area contributed by atoms with Crippen LogP contribution in [0, 0.1) is 5.82 Å². The molecule has 2 fully saturated rings. The number of amides is 1. The first-order valence-corrected chi connectivity index (χ1v) is 9.74. The van der Waals surface area contributed by atoms with Crippen molar-refractivity contribution >= 4 is 27.3 Å². The molecule has 2 aliphatic heterocycles. The number of hydrogen-bond acceptors (Lipinski definition) is 4. The number of halogens is 2.